The number of hydrazine groups is 1. The van der Waals surface area contributed by atoms with Gasteiger partial charge in [-0.15, -0.1) is 0 Å². The van der Waals surface area contributed by atoms with Crippen LogP contribution >= 0.6 is 0 Å². The van der Waals surface area contributed by atoms with Crippen LogP contribution in [-0.4, -0.2) is 42.8 Å². The largest absolute Gasteiger partial charge is 0.378 e. The number of hydrogen-bond donors (Lipinski definition) is 2. The number of anilines is 1. The molecule has 0 spiro atoms. The Morgan fingerprint density at radius 1 is 1.23 bits per heavy atom. The van der Waals surface area contributed by atoms with Gasteiger partial charge in [0.05, 0.1) is 12.3 Å². The number of ether oxygens (including phenoxy) is 1. The summed E-state index contributed by atoms with van der Waals surface area (Å²) in [7, 11) is 1.70. The molecule has 2 aliphatic rings. The van der Waals surface area contributed by atoms with Gasteiger partial charge in [0.15, 0.2) is 0 Å². The lowest BCUT2D eigenvalue weighted by Gasteiger charge is -2.38. The molecule has 2 aromatic rings. The van der Waals surface area contributed by atoms with Gasteiger partial charge < -0.3 is 9.64 Å². The van der Waals surface area contributed by atoms with E-state index in [1.165, 1.54) is 18.4 Å². The van der Waals surface area contributed by atoms with Crippen LogP contribution < -0.4 is 15.8 Å². The second-order valence-electron chi connectivity index (χ2n) is 7.22. The maximum atomic E-state index is 5.21. The highest BCUT2D eigenvalue weighted by Crippen LogP contribution is 2.32. The van der Waals surface area contributed by atoms with Crippen LogP contribution in [0, 0.1) is 5.92 Å². The molecule has 3 heterocycles. The third kappa shape index (κ3) is 3.72. The molecule has 0 bridgehead atoms. The summed E-state index contributed by atoms with van der Waals surface area (Å²) in [5.74, 6) is 2.11. The van der Waals surface area contributed by atoms with Crippen molar-refractivity contribution >= 4 is 5.82 Å². The second kappa shape index (κ2) is 8.12. The Kier molecular flexibility index (Phi) is 5.43. The number of methoxy groups -OCH3 is 1. The number of nitrogens with one attached hydrogen (secondary N) is 2. The fourth-order valence-electron chi connectivity index (χ4n) is 4.28. The SMILES string of the molecule is COCc1cc(N2CCCC(C3NNCC3c3ccccc3)C2)ncn1. The number of rotatable bonds is 5. The van der Waals surface area contributed by atoms with E-state index >= 15 is 0 Å². The number of nitrogens with zero attached hydrogens (tertiary/aromatic N) is 3. The summed E-state index contributed by atoms with van der Waals surface area (Å²) < 4.78 is 5.21. The molecule has 26 heavy (non-hydrogen) atoms. The van der Waals surface area contributed by atoms with E-state index in [0.29, 0.717) is 24.5 Å². The molecule has 3 atom stereocenters. The zero-order valence-corrected chi connectivity index (χ0v) is 15.3. The molecule has 2 aliphatic heterocycles. The van der Waals surface area contributed by atoms with Crippen molar-refractivity contribution in [2.75, 3.05) is 31.6 Å². The minimum Gasteiger partial charge on any atom is -0.378 e. The van der Waals surface area contributed by atoms with Crippen molar-refractivity contribution in [1.82, 2.24) is 20.8 Å². The number of hydrogen-bond acceptors (Lipinski definition) is 6. The molecule has 1 aromatic carbocycles. The highest BCUT2D eigenvalue weighted by molar-refractivity contribution is 5.39. The lowest BCUT2D eigenvalue weighted by atomic mass is 9.81. The predicted molar refractivity (Wildman–Crippen MR) is 102 cm³/mol. The van der Waals surface area contributed by atoms with Gasteiger partial charge in [-0.2, -0.15) is 0 Å². The molecule has 4 rings (SSSR count). The van der Waals surface area contributed by atoms with Crippen LogP contribution in [0.5, 0.6) is 0 Å². The van der Waals surface area contributed by atoms with Gasteiger partial charge >= 0.3 is 0 Å². The quantitative estimate of drug-likeness (QED) is 0.858. The van der Waals surface area contributed by atoms with Gasteiger partial charge in [-0.25, -0.2) is 9.97 Å². The summed E-state index contributed by atoms with van der Waals surface area (Å²) >= 11 is 0. The second-order valence-corrected chi connectivity index (χ2v) is 7.22. The molecular formula is C20H27N5O. The van der Waals surface area contributed by atoms with Crippen LogP contribution in [0.4, 0.5) is 5.82 Å². The van der Waals surface area contributed by atoms with E-state index in [9.17, 15) is 0 Å². The smallest absolute Gasteiger partial charge is 0.132 e. The topological polar surface area (TPSA) is 62.3 Å². The highest BCUT2D eigenvalue weighted by atomic mass is 16.5. The third-order valence-corrected chi connectivity index (χ3v) is 5.54. The van der Waals surface area contributed by atoms with E-state index in [-0.39, 0.29) is 0 Å². The molecule has 0 aliphatic carbocycles. The van der Waals surface area contributed by atoms with Crippen LogP contribution in [0.25, 0.3) is 0 Å². The van der Waals surface area contributed by atoms with E-state index < -0.39 is 0 Å². The van der Waals surface area contributed by atoms with Crippen LogP contribution in [0.1, 0.15) is 30.0 Å². The monoisotopic (exact) mass is 353 g/mol. The van der Waals surface area contributed by atoms with Gasteiger partial charge in [0.2, 0.25) is 0 Å². The van der Waals surface area contributed by atoms with E-state index in [1.54, 1.807) is 13.4 Å². The van der Waals surface area contributed by atoms with Gasteiger partial charge in [0.25, 0.3) is 0 Å². The van der Waals surface area contributed by atoms with Gasteiger partial charge in [-0.05, 0) is 24.3 Å². The van der Waals surface area contributed by atoms with Crippen LogP contribution in [0.15, 0.2) is 42.7 Å². The standard InChI is InChI=1S/C20H27N5O/c1-26-13-17-10-19(22-14-21-17)25-9-5-8-16(12-25)20-18(11-23-24-20)15-6-3-2-4-7-15/h2-4,6-7,10,14,16,18,20,23-24H,5,8-9,11-13H2,1H3. The van der Waals surface area contributed by atoms with Crippen molar-refractivity contribution in [3.63, 3.8) is 0 Å². The molecule has 2 fully saturated rings. The predicted octanol–water partition coefficient (Wildman–Crippen LogP) is 2.10. The molecular weight excluding hydrogens is 326 g/mol. The summed E-state index contributed by atoms with van der Waals surface area (Å²) in [5.41, 5.74) is 9.28. The van der Waals surface area contributed by atoms with E-state index in [4.69, 9.17) is 4.74 Å². The van der Waals surface area contributed by atoms with Crippen molar-refractivity contribution < 1.29 is 4.74 Å². The lowest BCUT2D eigenvalue weighted by molar-refractivity contribution is 0.181. The van der Waals surface area contributed by atoms with Crippen molar-refractivity contribution in [2.24, 2.45) is 5.92 Å². The molecule has 6 nitrogen and oxygen atoms in total. The van der Waals surface area contributed by atoms with Crippen LogP contribution in [-0.2, 0) is 11.3 Å². The summed E-state index contributed by atoms with van der Waals surface area (Å²) in [6, 6.07) is 13.3. The minimum atomic E-state index is 0.445. The Balaban J connectivity index is 1.49. The van der Waals surface area contributed by atoms with Gasteiger partial charge in [-0.3, -0.25) is 10.9 Å². The van der Waals surface area contributed by atoms with Gasteiger partial charge in [-0.1, -0.05) is 30.3 Å². The van der Waals surface area contributed by atoms with Crippen molar-refractivity contribution in [3.8, 4) is 0 Å². The molecule has 0 amide bonds. The Morgan fingerprint density at radius 3 is 2.96 bits per heavy atom. The third-order valence-electron chi connectivity index (χ3n) is 5.54. The summed E-state index contributed by atoms with van der Waals surface area (Å²) in [6.45, 7) is 3.58. The molecule has 6 heteroatoms. The maximum absolute atomic E-state index is 5.21. The molecule has 2 N–H and O–H groups in total. The van der Waals surface area contributed by atoms with Gasteiger partial charge in [0, 0.05) is 44.8 Å². The fourth-order valence-corrected chi connectivity index (χ4v) is 4.28. The fraction of sp³-hybridized carbons (Fsp3) is 0.500. The Morgan fingerprint density at radius 2 is 2.12 bits per heavy atom. The molecule has 1 aromatic heterocycles. The van der Waals surface area contributed by atoms with E-state index in [0.717, 1.165) is 31.1 Å². The van der Waals surface area contributed by atoms with Crippen molar-refractivity contribution in [1.29, 1.82) is 0 Å². The molecule has 2 saturated heterocycles. The number of piperidine rings is 1. The molecule has 3 unspecified atom stereocenters. The van der Waals surface area contributed by atoms with E-state index in [1.807, 2.05) is 0 Å². The minimum absolute atomic E-state index is 0.445. The average molecular weight is 353 g/mol. The van der Waals surface area contributed by atoms with Crippen LogP contribution in [0.3, 0.4) is 0 Å². The molecule has 138 valence electrons. The first-order valence-corrected chi connectivity index (χ1v) is 9.43. The zero-order valence-electron chi connectivity index (χ0n) is 15.3. The first-order chi connectivity index (χ1) is 12.8. The zero-order chi connectivity index (χ0) is 17.8. The first-order valence-electron chi connectivity index (χ1n) is 9.43. The highest BCUT2D eigenvalue weighted by Gasteiger charge is 2.36. The Labute approximate surface area is 155 Å². The lowest BCUT2D eigenvalue weighted by Crippen LogP contribution is -2.46. The summed E-state index contributed by atoms with van der Waals surface area (Å²) in [5, 5.41) is 0. The van der Waals surface area contributed by atoms with Gasteiger partial charge in [0.1, 0.15) is 12.1 Å². The molecule has 0 saturated carbocycles. The average Bonchev–Trinajstić information content (AvgIpc) is 3.19. The van der Waals surface area contributed by atoms with E-state index in [2.05, 4.69) is 62.1 Å². The number of benzene rings is 1. The summed E-state index contributed by atoms with van der Waals surface area (Å²) in [6.07, 6.45) is 4.08. The van der Waals surface area contributed by atoms with Crippen molar-refractivity contribution in [3.05, 3.63) is 54.0 Å². The number of aromatic nitrogens is 2. The van der Waals surface area contributed by atoms with Crippen molar-refractivity contribution in [2.45, 2.75) is 31.4 Å². The van der Waals surface area contributed by atoms with Crippen LogP contribution in [0.2, 0.25) is 0 Å². The molecule has 0 radical (unpaired) electrons. The normalized spacial score (nSPS) is 26.2. The Bertz CT molecular complexity index is 710. The maximum Gasteiger partial charge on any atom is 0.132 e. The Hall–Kier alpha value is -2.02. The first kappa shape index (κ1) is 17.4. The summed E-state index contributed by atoms with van der Waals surface area (Å²) in [4.78, 5) is 11.2.